The van der Waals surface area contributed by atoms with E-state index < -0.39 is 0 Å². The molecule has 0 saturated heterocycles. The number of hydrogen-bond acceptors (Lipinski definition) is 2. The number of pyridine rings is 1. The average Bonchev–Trinajstić information content (AvgIpc) is 2.68. The Morgan fingerprint density at radius 3 is 2.85 bits per heavy atom. The number of nitrogens with one attached hydrogen (secondary N) is 1. The molecule has 1 amide bonds. The van der Waals surface area contributed by atoms with Crippen LogP contribution in [0.2, 0.25) is 0 Å². The quantitative estimate of drug-likeness (QED) is 0.910. The number of fused-ring (bicyclic) bond motifs is 1. The highest BCUT2D eigenvalue weighted by atomic mass is 16.1. The number of rotatable bonds is 5. The van der Waals surface area contributed by atoms with Crippen molar-refractivity contribution in [3.63, 3.8) is 0 Å². The van der Waals surface area contributed by atoms with Crippen molar-refractivity contribution < 1.29 is 4.79 Å². The van der Waals surface area contributed by atoms with Gasteiger partial charge in [0.15, 0.2) is 0 Å². The maximum Gasteiger partial charge on any atom is 0.226 e. The van der Waals surface area contributed by atoms with Crippen LogP contribution < -0.4 is 5.32 Å². The van der Waals surface area contributed by atoms with Crippen LogP contribution in [-0.4, -0.2) is 21.8 Å². The summed E-state index contributed by atoms with van der Waals surface area (Å²) in [6.45, 7) is 9.05. The fourth-order valence-corrected chi connectivity index (χ4v) is 2.29. The zero-order chi connectivity index (χ0) is 14.7. The van der Waals surface area contributed by atoms with E-state index in [-0.39, 0.29) is 5.91 Å². The van der Waals surface area contributed by atoms with Crippen molar-refractivity contribution in [3.8, 4) is 0 Å². The third-order valence-electron chi connectivity index (χ3n) is 3.52. The molecule has 2 aromatic heterocycles. The van der Waals surface area contributed by atoms with Crippen molar-refractivity contribution in [2.45, 2.75) is 40.5 Å². The van der Waals surface area contributed by atoms with Crippen LogP contribution in [0, 0.1) is 19.8 Å². The minimum atomic E-state index is 0.0667. The number of imidazole rings is 1. The minimum absolute atomic E-state index is 0.0667. The summed E-state index contributed by atoms with van der Waals surface area (Å²) in [7, 11) is 0. The monoisotopic (exact) mass is 273 g/mol. The first-order valence-electron chi connectivity index (χ1n) is 7.19. The fourth-order valence-electron chi connectivity index (χ4n) is 2.29. The Labute approximate surface area is 120 Å². The first-order chi connectivity index (χ1) is 9.49. The number of nitrogens with zero attached hydrogens (tertiary/aromatic N) is 2. The Morgan fingerprint density at radius 2 is 2.15 bits per heavy atom. The van der Waals surface area contributed by atoms with Gasteiger partial charge in [-0.25, -0.2) is 4.98 Å². The summed E-state index contributed by atoms with van der Waals surface area (Å²) in [6, 6.07) is 4.03. The summed E-state index contributed by atoms with van der Waals surface area (Å²) >= 11 is 0. The van der Waals surface area contributed by atoms with E-state index in [0.717, 1.165) is 35.6 Å². The molecule has 0 fully saturated rings. The molecule has 0 radical (unpaired) electrons. The van der Waals surface area contributed by atoms with E-state index in [1.54, 1.807) is 0 Å². The van der Waals surface area contributed by atoms with Crippen LogP contribution in [0.4, 0.5) is 0 Å². The highest BCUT2D eigenvalue weighted by Crippen LogP contribution is 2.15. The number of aryl methyl sites for hydroxylation is 2. The van der Waals surface area contributed by atoms with Crippen LogP contribution in [0.25, 0.3) is 5.65 Å². The molecule has 0 aliphatic rings. The van der Waals surface area contributed by atoms with Gasteiger partial charge < -0.3 is 9.72 Å². The van der Waals surface area contributed by atoms with Crippen molar-refractivity contribution in [1.82, 2.24) is 14.7 Å². The van der Waals surface area contributed by atoms with Gasteiger partial charge in [0.1, 0.15) is 5.65 Å². The topological polar surface area (TPSA) is 46.4 Å². The van der Waals surface area contributed by atoms with E-state index in [2.05, 4.69) is 24.1 Å². The van der Waals surface area contributed by atoms with E-state index >= 15 is 0 Å². The van der Waals surface area contributed by atoms with Crippen molar-refractivity contribution in [3.05, 3.63) is 35.3 Å². The molecule has 1 N–H and O–H groups in total. The minimum Gasteiger partial charge on any atom is -0.356 e. The highest BCUT2D eigenvalue weighted by molar-refractivity contribution is 5.78. The van der Waals surface area contributed by atoms with Crippen molar-refractivity contribution >= 4 is 11.6 Å². The lowest BCUT2D eigenvalue weighted by Crippen LogP contribution is -2.27. The van der Waals surface area contributed by atoms with Crippen LogP contribution >= 0.6 is 0 Å². The molecular formula is C16H23N3O. The maximum absolute atomic E-state index is 12.0. The third-order valence-corrected chi connectivity index (χ3v) is 3.52. The molecule has 0 aliphatic carbocycles. The fraction of sp³-hybridized carbons (Fsp3) is 0.500. The number of carbonyl (C=O) groups is 1. The lowest BCUT2D eigenvalue weighted by Gasteiger charge is -2.08. The Kier molecular flexibility index (Phi) is 4.42. The molecule has 0 saturated carbocycles. The molecule has 2 rings (SSSR count). The molecular weight excluding hydrogens is 250 g/mol. The third kappa shape index (κ3) is 3.18. The number of amides is 1. The summed E-state index contributed by atoms with van der Waals surface area (Å²) in [5.74, 6) is 0.674. The lowest BCUT2D eigenvalue weighted by atomic mass is 10.1. The van der Waals surface area contributed by atoms with Gasteiger partial charge in [-0.15, -0.1) is 0 Å². The Morgan fingerprint density at radius 1 is 1.40 bits per heavy atom. The smallest absolute Gasteiger partial charge is 0.226 e. The molecule has 4 nitrogen and oxygen atoms in total. The second kappa shape index (κ2) is 6.07. The molecule has 0 atom stereocenters. The first-order valence-corrected chi connectivity index (χ1v) is 7.19. The van der Waals surface area contributed by atoms with Gasteiger partial charge in [0, 0.05) is 12.7 Å². The van der Waals surface area contributed by atoms with E-state index in [1.165, 1.54) is 0 Å². The van der Waals surface area contributed by atoms with Gasteiger partial charge in [0.2, 0.25) is 5.91 Å². The largest absolute Gasteiger partial charge is 0.356 e. The van der Waals surface area contributed by atoms with Crippen LogP contribution in [0.15, 0.2) is 18.3 Å². The summed E-state index contributed by atoms with van der Waals surface area (Å²) < 4.78 is 2.02. The van der Waals surface area contributed by atoms with Gasteiger partial charge in [0.25, 0.3) is 0 Å². The summed E-state index contributed by atoms with van der Waals surface area (Å²) in [6.07, 6.45) is 3.37. The molecule has 108 valence electrons. The standard InChI is InChI=1S/C16H23N3O/c1-11(2)7-8-17-15(20)10-14-13(4)18-16-12(3)6-5-9-19(14)16/h5-6,9,11H,7-8,10H2,1-4H3,(H,17,20). The molecule has 4 heteroatoms. The number of carbonyl (C=O) groups excluding carboxylic acids is 1. The van der Waals surface area contributed by atoms with Gasteiger partial charge in [-0.05, 0) is 37.8 Å². The predicted octanol–water partition coefficient (Wildman–Crippen LogP) is 2.66. The molecule has 0 aromatic carbocycles. The molecule has 0 spiro atoms. The SMILES string of the molecule is Cc1nc2c(C)cccn2c1CC(=O)NCCC(C)C. The van der Waals surface area contributed by atoms with E-state index in [0.29, 0.717) is 12.3 Å². The highest BCUT2D eigenvalue weighted by Gasteiger charge is 2.13. The normalized spacial score (nSPS) is 11.2. The summed E-state index contributed by atoms with van der Waals surface area (Å²) in [4.78, 5) is 16.6. The lowest BCUT2D eigenvalue weighted by molar-refractivity contribution is -0.120. The van der Waals surface area contributed by atoms with Gasteiger partial charge >= 0.3 is 0 Å². The van der Waals surface area contributed by atoms with Crippen LogP contribution in [0.1, 0.15) is 37.2 Å². The predicted molar refractivity (Wildman–Crippen MR) is 80.8 cm³/mol. The number of aromatic nitrogens is 2. The van der Waals surface area contributed by atoms with Crippen LogP contribution in [0.5, 0.6) is 0 Å². The molecule has 0 bridgehead atoms. The first kappa shape index (κ1) is 14.6. The average molecular weight is 273 g/mol. The second-order valence-electron chi connectivity index (χ2n) is 5.74. The van der Waals surface area contributed by atoms with Gasteiger partial charge in [-0.1, -0.05) is 19.9 Å². The second-order valence-corrected chi connectivity index (χ2v) is 5.74. The van der Waals surface area contributed by atoms with Crippen LogP contribution in [0.3, 0.4) is 0 Å². The van der Waals surface area contributed by atoms with Crippen LogP contribution in [-0.2, 0) is 11.2 Å². The number of hydrogen-bond donors (Lipinski definition) is 1. The molecule has 0 aliphatic heterocycles. The molecule has 20 heavy (non-hydrogen) atoms. The molecule has 2 heterocycles. The van der Waals surface area contributed by atoms with Crippen molar-refractivity contribution in [1.29, 1.82) is 0 Å². The molecule has 2 aromatic rings. The zero-order valence-corrected chi connectivity index (χ0v) is 12.7. The Bertz CT molecular complexity index is 613. The van der Waals surface area contributed by atoms with Crippen molar-refractivity contribution in [2.24, 2.45) is 5.92 Å². The summed E-state index contributed by atoms with van der Waals surface area (Å²) in [5.41, 5.74) is 3.97. The van der Waals surface area contributed by atoms with Crippen molar-refractivity contribution in [2.75, 3.05) is 6.54 Å². The van der Waals surface area contributed by atoms with E-state index in [9.17, 15) is 4.79 Å². The van der Waals surface area contributed by atoms with Gasteiger partial charge in [0.05, 0.1) is 17.8 Å². The van der Waals surface area contributed by atoms with E-state index in [4.69, 9.17) is 0 Å². The Hall–Kier alpha value is -1.84. The molecule has 0 unspecified atom stereocenters. The van der Waals surface area contributed by atoms with E-state index in [1.807, 2.05) is 36.6 Å². The zero-order valence-electron chi connectivity index (χ0n) is 12.7. The summed E-state index contributed by atoms with van der Waals surface area (Å²) in [5, 5.41) is 2.98. The van der Waals surface area contributed by atoms with Gasteiger partial charge in [-0.3, -0.25) is 4.79 Å². The Balaban J connectivity index is 2.11. The van der Waals surface area contributed by atoms with Gasteiger partial charge in [-0.2, -0.15) is 0 Å². The maximum atomic E-state index is 12.0.